The first-order valence-corrected chi connectivity index (χ1v) is 6.61. The quantitative estimate of drug-likeness (QED) is 0.677. The molecule has 0 saturated carbocycles. The molecule has 2 heterocycles. The minimum absolute atomic E-state index is 0.0705. The lowest BCUT2D eigenvalue weighted by Crippen LogP contribution is -2.23. The van der Waals surface area contributed by atoms with Crippen LogP contribution in [0.5, 0.6) is 0 Å². The molecule has 0 N–H and O–H groups in total. The Kier molecular flexibility index (Phi) is 2.80. The molecule has 0 atom stereocenters. The van der Waals surface area contributed by atoms with Crippen molar-refractivity contribution in [2.45, 2.75) is 59.3 Å². The van der Waals surface area contributed by atoms with Gasteiger partial charge in [-0.25, -0.2) is 4.98 Å². The van der Waals surface area contributed by atoms with Gasteiger partial charge >= 0.3 is 0 Å². The minimum Gasteiger partial charge on any atom is -0.303 e. The Labute approximate surface area is 110 Å². The van der Waals surface area contributed by atoms with Crippen LogP contribution >= 0.6 is 0 Å². The van der Waals surface area contributed by atoms with Crippen molar-refractivity contribution >= 4 is 5.65 Å². The van der Waals surface area contributed by atoms with Crippen molar-refractivity contribution in [1.82, 2.24) is 9.38 Å². The summed E-state index contributed by atoms with van der Waals surface area (Å²) in [5, 5.41) is 0. The van der Waals surface area contributed by atoms with Gasteiger partial charge in [0.25, 0.3) is 0 Å². The van der Waals surface area contributed by atoms with Gasteiger partial charge in [0.15, 0.2) is 0 Å². The number of fused-ring (bicyclic) bond motifs is 1. The van der Waals surface area contributed by atoms with Gasteiger partial charge in [-0.1, -0.05) is 47.6 Å². The number of imidazole rings is 1. The second-order valence-electron chi connectivity index (χ2n) is 7.19. The molecule has 0 aliphatic rings. The molecular formula is C16H24N2. The van der Waals surface area contributed by atoms with E-state index in [2.05, 4.69) is 71.2 Å². The second-order valence-corrected chi connectivity index (χ2v) is 7.19. The van der Waals surface area contributed by atoms with Gasteiger partial charge in [-0.3, -0.25) is 0 Å². The zero-order chi connectivity index (χ0) is 13.7. The maximum Gasteiger partial charge on any atom is 0.140 e. The van der Waals surface area contributed by atoms with Gasteiger partial charge in [-0.05, 0) is 18.6 Å². The van der Waals surface area contributed by atoms with Crippen molar-refractivity contribution in [2.75, 3.05) is 0 Å². The fourth-order valence-corrected chi connectivity index (χ4v) is 2.44. The Morgan fingerprint density at radius 2 is 1.61 bits per heavy atom. The fraction of sp³-hybridized carbons (Fsp3) is 0.562. The SMILES string of the molecule is Cc1cccn2c(C(C)(C)C)c(C(C)(C)C)nc12. The molecular weight excluding hydrogens is 220 g/mol. The van der Waals surface area contributed by atoms with E-state index < -0.39 is 0 Å². The highest BCUT2D eigenvalue weighted by atomic mass is 15.0. The van der Waals surface area contributed by atoms with Gasteiger partial charge in [0.2, 0.25) is 0 Å². The van der Waals surface area contributed by atoms with Crippen molar-refractivity contribution in [3.8, 4) is 0 Å². The van der Waals surface area contributed by atoms with E-state index >= 15 is 0 Å². The van der Waals surface area contributed by atoms with Crippen LogP contribution in [-0.4, -0.2) is 9.38 Å². The van der Waals surface area contributed by atoms with Crippen molar-refractivity contribution in [2.24, 2.45) is 0 Å². The summed E-state index contributed by atoms with van der Waals surface area (Å²) in [4.78, 5) is 4.91. The second kappa shape index (κ2) is 3.84. The molecule has 0 aliphatic carbocycles. The van der Waals surface area contributed by atoms with Gasteiger partial charge in [-0.15, -0.1) is 0 Å². The Hall–Kier alpha value is -1.31. The Balaban J connectivity index is 2.91. The van der Waals surface area contributed by atoms with Crippen LogP contribution in [0.15, 0.2) is 18.3 Å². The number of hydrogen-bond acceptors (Lipinski definition) is 1. The van der Waals surface area contributed by atoms with Gasteiger partial charge in [-0.2, -0.15) is 0 Å². The van der Waals surface area contributed by atoms with Crippen molar-refractivity contribution < 1.29 is 0 Å². The van der Waals surface area contributed by atoms with Gasteiger partial charge < -0.3 is 4.40 Å². The molecule has 0 saturated heterocycles. The summed E-state index contributed by atoms with van der Waals surface area (Å²) in [7, 11) is 0. The summed E-state index contributed by atoms with van der Waals surface area (Å²) in [6, 6.07) is 4.23. The van der Waals surface area contributed by atoms with Crippen LogP contribution in [0, 0.1) is 6.92 Å². The van der Waals surface area contributed by atoms with Crippen molar-refractivity contribution in [3.05, 3.63) is 35.3 Å². The predicted molar refractivity (Wildman–Crippen MR) is 77.3 cm³/mol. The molecule has 2 aromatic rings. The highest BCUT2D eigenvalue weighted by Crippen LogP contribution is 2.34. The molecule has 18 heavy (non-hydrogen) atoms. The zero-order valence-corrected chi connectivity index (χ0v) is 12.6. The standard InChI is InChI=1S/C16H24N2/c1-11-9-8-10-18-13(16(5,6)7)12(15(2,3)4)17-14(11)18/h8-10H,1-7H3. The maximum atomic E-state index is 4.91. The lowest BCUT2D eigenvalue weighted by atomic mass is 9.82. The van der Waals surface area contributed by atoms with Crippen LogP contribution in [0.4, 0.5) is 0 Å². The molecule has 2 rings (SSSR count). The van der Waals surface area contributed by atoms with E-state index in [0.29, 0.717) is 0 Å². The number of aromatic nitrogens is 2. The predicted octanol–water partition coefficient (Wildman–Crippen LogP) is 4.24. The van der Waals surface area contributed by atoms with Gasteiger partial charge in [0.1, 0.15) is 5.65 Å². The van der Waals surface area contributed by atoms with E-state index in [9.17, 15) is 0 Å². The molecule has 0 fully saturated rings. The number of hydrogen-bond donors (Lipinski definition) is 0. The third kappa shape index (κ3) is 2.05. The smallest absolute Gasteiger partial charge is 0.140 e. The average Bonchev–Trinajstić information content (AvgIpc) is 2.56. The topological polar surface area (TPSA) is 17.3 Å². The maximum absolute atomic E-state index is 4.91. The van der Waals surface area contributed by atoms with E-state index in [-0.39, 0.29) is 10.8 Å². The first kappa shape index (κ1) is 13.1. The minimum atomic E-state index is 0.0705. The van der Waals surface area contributed by atoms with Crippen molar-refractivity contribution in [3.63, 3.8) is 0 Å². The Bertz CT molecular complexity index is 577. The first-order valence-electron chi connectivity index (χ1n) is 6.61. The van der Waals surface area contributed by atoms with E-state index in [1.54, 1.807) is 0 Å². The first-order chi connectivity index (χ1) is 8.12. The van der Waals surface area contributed by atoms with Crippen LogP contribution in [0.3, 0.4) is 0 Å². The summed E-state index contributed by atoms with van der Waals surface area (Å²) in [6.45, 7) is 15.6. The largest absolute Gasteiger partial charge is 0.303 e. The highest BCUT2D eigenvalue weighted by Gasteiger charge is 2.30. The average molecular weight is 244 g/mol. The third-order valence-electron chi connectivity index (χ3n) is 3.27. The summed E-state index contributed by atoms with van der Waals surface area (Å²) in [6.07, 6.45) is 2.13. The fourth-order valence-electron chi connectivity index (χ4n) is 2.44. The van der Waals surface area contributed by atoms with Crippen molar-refractivity contribution in [1.29, 1.82) is 0 Å². The molecule has 98 valence electrons. The molecule has 0 amide bonds. The Morgan fingerprint density at radius 3 is 2.11 bits per heavy atom. The molecule has 0 aromatic carbocycles. The van der Waals surface area contributed by atoms with E-state index in [0.717, 1.165) is 5.65 Å². The van der Waals surface area contributed by atoms with Crippen LogP contribution in [0.1, 0.15) is 58.5 Å². The lowest BCUT2D eigenvalue weighted by Gasteiger charge is -2.25. The lowest BCUT2D eigenvalue weighted by molar-refractivity contribution is 0.506. The molecule has 2 heteroatoms. The number of rotatable bonds is 0. The van der Waals surface area contributed by atoms with E-state index in [4.69, 9.17) is 4.98 Å². The molecule has 0 radical (unpaired) electrons. The Morgan fingerprint density at radius 1 is 1.00 bits per heavy atom. The van der Waals surface area contributed by atoms with Crippen LogP contribution < -0.4 is 0 Å². The molecule has 0 unspecified atom stereocenters. The number of nitrogens with zero attached hydrogens (tertiary/aromatic N) is 2. The zero-order valence-electron chi connectivity index (χ0n) is 12.6. The van der Waals surface area contributed by atoms with Crippen LogP contribution in [-0.2, 0) is 10.8 Å². The van der Waals surface area contributed by atoms with Crippen LogP contribution in [0.25, 0.3) is 5.65 Å². The normalized spacial score (nSPS) is 13.3. The molecule has 0 spiro atoms. The monoisotopic (exact) mass is 244 g/mol. The third-order valence-corrected chi connectivity index (χ3v) is 3.27. The highest BCUT2D eigenvalue weighted by molar-refractivity contribution is 5.52. The number of aryl methyl sites for hydroxylation is 1. The van der Waals surface area contributed by atoms with E-state index in [1.807, 2.05) is 0 Å². The molecule has 2 aromatic heterocycles. The van der Waals surface area contributed by atoms with Gasteiger partial charge in [0, 0.05) is 17.0 Å². The molecule has 0 aliphatic heterocycles. The van der Waals surface area contributed by atoms with Gasteiger partial charge in [0.05, 0.1) is 11.4 Å². The van der Waals surface area contributed by atoms with E-state index in [1.165, 1.54) is 17.0 Å². The summed E-state index contributed by atoms with van der Waals surface area (Å²) < 4.78 is 2.26. The number of pyridine rings is 1. The van der Waals surface area contributed by atoms with Crippen LogP contribution in [0.2, 0.25) is 0 Å². The summed E-state index contributed by atoms with van der Waals surface area (Å²) in [5.74, 6) is 0. The summed E-state index contributed by atoms with van der Waals surface area (Å²) >= 11 is 0. The summed E-state index contributed by atoms with van der Waals surface area (Å²) in [5.41, 5.74) is 5.03. The molecule has 2 nitrogen and oxygen atoms in total. The molecule has 0 bridgehead atoms.